The zero-order valence-electron chi connectivity index (χ0n) is 9.17. The summed E-state index contributed by atoms with van der Waals surface area (Å²) in [4.78, 5) is 22.1. The number of aliphatic carboxylic acids is 1. The Kier molecular flexibility index (Phi) is 3.53. The van der Waals surface area contributed by atoms with E-state index >= 15 is 0 Å². The van der Waals surface area contributed by atoms with Gasteiger partial charge in [-0.2, -0.15) is 13.2 Å². The number of carbonyl (C=O) groups excluding carboxylic acids is 1. The second-order valence-electron chi connectivity index (χ2n) is 4.36. The molecule has 0 aromatic rings. The summed E-state index contributed by atoms with van der Waals surface area (Å²) >= 11 is 0. The predicted molar refractivity (Wildman–Crippen MR) is 51.4 cm³/mol. The number of carbonyl (C=O) groups is 2. The number of hydrogen-bond donors (Lipinski definition) is 2. The quantitative estimate of drug-likeness (QED) is 0.792. The Morgan fingerprint density at radius 3 is 2.29 bits per heavy atom. The molecule has 98 valence electrons. The number of carboxylic acids is 1. The molecule has 1 fully saturated rings. The lowest BCUT2D eigenvalue weighted by molar-refractivity contribution is -0.149. The molecule has 8 heteroatoms. The molecule has 0 saturated heterocycles. The smallest absolute Gasteiger partial charge is 0.406 e. The third-order valence-electron chi connectivity index (χ3n) is 2.39. The van der Waals surface area contributed by atoms with Crippen molar-refractivity contribution in [3.63, 3.8) is 0 Å². The number of amides is 2. The number of hydrogen-bond acceptors (Lipinski definition) is 2. The number of carboxylic acid groups (broad SMARTS) is 1. The Morgan fingerprint density at radius 1 is 1.41 bits per heavy atom. The van der Waals surface area contributed by atoms with Crippen LogP contribution in [0.25, 0.3) is 0 Å². The van der Waals surface area contributed by atoms with Crippen LogP contribution >= 0.6 is 0 Å². The highest BCUT2D eigenvalue weighted by atomic mass is 19.4. The second-order valence-corrected chi connectivity index (χ2v) is 4.36. The van der Waals surface area contributed by atoms with Gasteiger partial charge in [0.1, 0.15) is 13.1 Å². The number of urea groups is 1. The minimum absolute atomic E-state index is 0.242. The van der Waals surface area contributed by atoms with Gasteiger partial charge < -0.3 is 15.3 Å². The van der Waals surface area contributed by atoms with Crippen molar-refractivity contribution in [3.8, 4) is 0 Å². The fourth-order valence-corrected chi connectivity index (χ4v) is 1.23. The lowest BCUT2D eigenvalue weighted by atomic mass is 10.3. The minimum Gasteiger partial charge on any atom is -0.480 e. The van der Waals surface area contributed by atoms with Gasteiger partial charge in [-0.15, -0.1) is 0 Å². The summed E-state index contributed by atoms with van der Waals surface area (Å²) in [7, 11) is 0. The molecule has 1 aliphatic carbocycles. The largest absolute Gasteiger partial charge is 0.480 e. The Bertz CT molecular complexity index is 326. The molecule has 0 bridgehead atoms. The summed E-state index contributed by atoms with van der Waals surface area (Å²) in [5.41, 5.74) is -0.487. The van der Waals surface area contributed by atoms with E-state index in [2.05, 4.69) is 5.32 Å². The van der Waals surface area contributed by atoms with Crippen LogP contribution in [0.1, 0.15) is 19.8 Å². The van der Waals surface area contributed by atoms with E-state index in [0.29, 0.717) is 12.8 Å². The van der Waals surface area contributed by atoms with Gasteiger partial charge in [-0.3, -0.25) is 4.79 Å². The lowest BCUT2D eigenvalue weighted by Crippen LogP contribution is -2.50. The van der Waals surface area contributed by atoms with Gasteiger partial charge >= 0.3 is 18.2 Å². The van der Waals surface area contributed by atoms with Crippen molar-refractivity contribution in [2.45, 2.75) is 31.5 Å². The molecule has 0 atom stereocenters. The fraction of sp³-hybridized carbons (Fsp3) is 0.778. The van der Waals surface area contributed by atoms with Crippen molar-refractivity contribution in [2.24, 2.45) is 0 Å². The van der Waals surface area contributed by atoms with Crippen LogP contribution in [0.5, 0.6) is 0 Å². The molecule has 0 heterocycles. The molecule has 0 aromatic carbocycles. The average Bonchev–Trinajstić information content (AvgIpc) is 2.78. The van der Waals surface area contributed by atoms with Crippen molar-refractivity contribution in [1.82, 2.24) is 10.2 Å². The number of halogens is 3. The van der Waals surface area contributed by atoms with E-state index in [9.17, 15) is 22.8 Å². The van der Waals surface area contributed by atoms with E-state index in [1.165, 1.54) is 0 Å². The van der Waals surface area contributed by atoms with Gasteiger partial charge in [-0.25, -0.2) is 4.79 Å². The Labute approximate surface area is 95.6 Å². The molecule has 1 saturated carbocycles. The molecular formula is C9H13F3N2O3. The topological polar surface area (TPSA) is 69.6 Å². The SMILES string of the molecule is CC1(NC(=O)N(CC(=O)O)CC(F)(F)F)CC1. The van der Waals surface area contributed by atoms with Crippen molar-refractivity contribution < 1.29 is 27.9 Å². The molecule has 0 radical (unpaired) electrons. The minimum atomic E-state index is -4.61. The first-order valence-corrected chi connectivity index (χ1v) is 4.97. The summed E-state index contributed by atoms with van der Waals surface area (Å²) in [5.74, 6) is -1.48. The van der Waals surface area contributed by atoms with E-state index in [1.54, 1.807) is 6.92 Å². The summed E-state index contributed by atoms with van der Waals surface area (Å²) in [5, 5.41) is 10.8. The molecule has 5 nitrogen and oxygen atoms in total. The monoisotopic (exact) mass is 254 g/mol. The Hall–Kier alpha value is -1.47. The summed E-state index contributed by atoms with van der Waals surface area (Å²) in [6.07, 6.45) is -3.24. The van der Waals surface area contributed by atoms with Gasteiger partial charge in [-0.1, -0.05) is 0 Å². The molecule has 2 amide bonds. The highest BCUT2D eigenvalue weighted by Gasteiger charge is 2.41. The average molecular weight is 254 g/mol. The number of nitrogens with one attached hydrogen (secondary N) is 1. The van der Waals surface area contributed by atoms with Crippen molar-refractivity contribution in [1.29, 1.82) is 0 Å². The summed E-state index contributed by atoms with van der Waals surface area (Å²) in [6, 6.07) is -0.996. The third-order valence-corrected chi connectivity index (χ3v) is 2.39. The van der Waals surface area contributed by atoms with Gasteiger partial charge in [-0.05, 0) is 19.8 Å². The first-order valence-electron chi connectivity index (χ1n) is 4.97. The standard InChI is InChI=1S/C9H13F3N2O3/c1-8(2-3-8)13-7(17)14(4-6(15)16)5-9(10,11)12/h2-5H2,1H3,(H,13,17)(H,15,16). The van der Waals surface area contributed by atoms with E-state index in [-0.39, 0.29) is 4.90 Å². The van der Waals surface area contributed by atoms with Gasteiger partial charge in [0, 0.05) is 5.54 Å². The molecule has 0 aliphatic heterocycles. The number of rotatable bonds is 4. The number of alkyl halides is 3. The van der Waals surface area contributed by atoms with Crippen LogP contribution in [0, 0.1) is 0 Å². The molecule has 0 spiro atoms. The maximum atomic E-state index is 12.2. The third kappa shape index (κ3) is 4.92. The van der Waals surface area contributed by atoms with Crippen LogP contribution in [0.3, 0.4) is 0 Å². The van der Waals surface area contributed by atoms with Crippen LogP contribution in [0.2, 0.25) is 0 Å². The fourth-order valence-electron chi connectivity index (χ4n) is 1.23. The molecule has 1 rings (SSSR count). The highest BCUT2D eigenvalue weighted by molar-refractivity contribution is 5.80. The van der Waals surface area contributed by atoms with Gasteiger partial charge in [0.25, 0.3) is 0 Å². The van der Waals surface area contributed by atoms with Crippen LogP contribution in [-0.4, -0.2) is 46.8 Å². The van der Waals surface area contributed by atoms with Crippen LogP contribution in [0.4, 0.5) is 18.0 Å². The van der Waals surface area contributed by atoms with Gasteiger partial charge in [0.05, 0.1) is 0 Å². The second kappa shape index (κ2) is 4.42. The van der Waals surface area contributed by atoms with Crippen molar-refractivity contribution in [2.75, 3.05) is 13.1 Å². The van der Waals surface area contributed by atoms with E-state index in [1.807, 2.05) is 0 Å². The van der Waals surface area contributed by atoms with Crippen LogP contribution in [-0.2, 0) is 4.79 Å². The summed E-state index contributed by atoms with van der Waals surface area (Å²) in [6.45, 7) is -0.847. The zero-order chi connectivity index (χ0) is 13.3. The summed E-state index contributed by atoms with van der Waals surface area (Å²) < 4.78 is 36.5. The Balaban J connectivity index is 2.61. The predicted octanol–water partition coefficient (Wildman–Crippen LogP) is 1.20. The zero-order valence-corrected chi connectivity index (χ0v) is 9.17. The Morgan fingerprint density at radius 2 is 1.94 bits per heavy atom. The van der Waals surface area contributed by atoms with Crippen LogP contribution < -0.4 is 5.32 Å². The molecule has 2 N–H and O–H groups in total. The molecule has 1 aliphatic rings. The van der Waals surface area contributed by atoms with E-state index < -0.39 is 36.8 Å². The maximum absolute atomic E-state index is 12.2. The van der Waals surface area contributed by atoms with Gasteiger partial charge in [0.2, 0.25) is 0 Å². The molecule has 0 aromatic heterocycles. The normalized spacial score (nSPS) is 17.4. The first kappa shape index (κ1) is 13.6. The molecular weight excluding hydrogens is 241 g/mol. The molecule has 17 heavy (non-hydrogen) atoms. The van der Waals surface area contributed by atoms with Crippen molar-refractivity contribution >= 4 is 12.0 Å². The maximum Gasteiger partial charge on any atom is 0.406 e. The molecule has 0 unspecified atom stereocenters. The van der Waals surface area contributed by atoms with E-state index in [0.717, 1.165) is 0 Å². The van der Waals surface area contributed by atoms with Crippen LogP contribution in [0.15, 0.2) is 0 Å². The highest BCUT2D eigenvalue weighted by Crippen LogP contribution is 2.34. The first-order chi connectivity index (χ1) is 7.61. The van der Waals surface area contributed by atoms with Crippen molar-refractivity contribution in [3.05, 3.63) is 0 Å². The lowest BCUT2D eigenvalue weighted by Gasteiger charge is -2.24. The van der Waals surface area contributed by atoms with Gasteiger partial charge in [0.15, 0.2) is 0 Å². The number of nitrogens with zero attached hydrogens (tertiary/aromatic N) is 1. The van der Waals surface area contributed by atoms with E-state index in [4.69, 9.17) is 5.11 Å².